The standard InChI is InChI=1S/C11H9N3/c1-2-4-9(5-3-1)14-11-6-7-12-10(11)8-13-14/h1-8,13H. The van der Waals surface area contributed by atoms with Crippen LogP contribution < -0.4 is 0 Å². The first-order chi connectivity index (χ1) is 6.95. The molecule has 1 aromatic carbocycles. The van der Waals surface area contributed by atoms with Crippen LogP contribution in [0.25, 0.3) is 17.1 Å². The van der Waals surface area contributed by atoms with E-state index in [2.05, 4.69) is 22.2 Å². The molecule has 1 aromatic rings. The third-order valence-corrected chi connectivity index (χ3v) is 2.29. The van der Waals surface area contributed by atoms with Gasteiger partial charge < -0.3 is 0 Å². The number of aromatic amines is 1. The minimum atomic E-state index is 0.994. The minimum Gasteiger partial charge on any atom is -0.299 e. The fourth-order valence-electron chi connectivity index (χ4n) is 1.63. The highest BCUT2D eigenvalue weighted by Gasteiger charge is 2.10. The molecule has 0 bridgehead atoms. The molecule has 0 amide bonds. The molecule has 0 atom stereocenters. The van der Waals surface area contributed by atoms with Crippen LogP contribution in [0.5, 0.6) is 0 Å². The average molecular weight is 183 g/mol. The molecule has 0 aromatic heterocycles. The molecule has 14 heavy (non-hydrogen) atoms. The van der Waals surface area contributed by atoms with Gasteiger partial charge in [0.2, 0.25) is 0 Å². The Kier molecular flexibility index (Phi) is 1.44. The lowest BCUT2D eigenvalue weighted by Gasteiger charge is -2.03. The van der Waals surface area contributed by atoms with Crippen molar-refractivity contribution in [1.29, 1.82) is 0 Å². The maximum atomic E-state index is 4.21. The van der Waals surface area contributed by atoms with Gasteiger partial charge >= 0.3 is 0 Å². The summed E-state index contributed by atoms with van der Waals surface area (Å²) in [5.41, 5.74) is 3.22. The van der Waals surface area contributed by atoms with Crippen molar-refractivity contribution in [3.8, 4) is 17.1 Å². The predicted octanol–water partition coefficient (Wildman–Crippen LogP) is 2.31. The van der Waals surface area contributed by atoms with Gasteiger partial charge in [0, 0.05) is 12.4 Å². The topological polar surface area (TPSA) is 33.6 Å². The molecule has 3 rings (SSSR count). The number of aromatic nitrogens is 3. The van der Waals surface area contributed by atoms with Crippen LogP contribution in [0.2, 0.25) is 0 Å². The number of fused-ring (bicyclic) bond motifs is 1. The van der Waals surface area contributed by atoms with Gasteiger partial charge in [-0.05, 0) is 18.2 Å². The van der Waals surface area contributed by atoms with Crippen molar-refractivity contribution in [3.63, 3.8) is 0 Å². The molecule has 0 fully saturated rings. The largest absolute Gasteiger partial charge is 0.299 e. The second-order valence-electron chi connectivity index (χ2n) is 3.16. The molecule has 0 saturated heterocycles. The Morgan fingerprint density at radius 1 is 1.07 bits per heavy atom. The number of rotatable bonds is 1. The molecule has 2 aliphatic heterocycles. The van der Waals surface area contributed by atoms with Crippen molar-refractivity contribution in [2.75, 3.05) is 0 Å². The predicted molar refractivity (Wildman–Crippen MR) is 54.5 cm³/mol. The number of hydrogen-bond donors (Lipinski definition) is 1. The monoisotopic (exact) mass is 183 g/mol. The van der Waals surface area contributed by atoms with Gasteiger partial charge in [-0.2, -0.15) is 0 Å². The summed E-state index contributed by atoms with van der Waals surface area (Å²) < 4.78 is 2.02. The Balaban J connectivity index is 2.21. The number of hydrogen-bond acceptors (Lipinski definition) is 1. The van der Waals surface area contributed by atoms with Gasteiger partial charge in [-0.25, -0.2) is 0 Å². The third kappa shape index (κ3) is 0.956. The molecule has 0 radical (unpaired) electrons. The lowest BCUT2D eigenvalue weighted by Crippen LogP contribution is -1.95. The number of benzene rings is 1. The maximum Gasteiger partial charge on any atom is 0.106 e. The number of nitrogens with one attached hydrogen (secondary N) is 1. The van der Waals surface area contributed by atoms with Crippen LogP contribution in [-0.2, 0) is 0 Å². The smallest absolute Gasteiger partial charge is 0.106 e. The van der Waals surface area contributed by atoms with Gasteiger partial charge in [0.05, 0.1) is 11.4 Å². The van der Waals surface area contributed by atoms with Gasteiger partial charge in [0.1, 0.15) is 5.69 Å². The Labute approximate surface area is 81.3 Å². The second-order valence-corrected chi connectivity index (χ2v) is 3.16. The molecular weight excluding hydrogens is 174 g/mol. The molecule has 68 valence electrons. The molecule has 0 saturated carbocycles. The summed E-state index contributed by atoms with van der Waals surface area (Å²) in [5, 5.41) is 3.16. The summed E-state index contributed by atoms with van der Waals surface area (Å²) in [6.45, 7) is 0. The van der Waals surface area contributed by atoms with Crippen molar-refractivity contribution >= 4 is 0 Å². The van der Waals surface area contributed by atoms with E-state index in [1.165, 1.54) is 0 Å². The fourth-order valence-corrected chi connectivity index (χ4v) is 1.63. The van der Waals surface area contributed by atoms with E-state index in [-0.39, 0.29) is 0 Å². The quantitative estimate of drug-likeness (QED) is 0.617. The van der Waals surface area contributed by atoms with Crippen molar-refractivity contribution < 1.29 is 0 Å². The van der Waals surface area contributed by atoms with Gasteiger partial charge in [0.15, 0.2) is 0 Å². The van der Waals surface area contributed by atoms with E-state index in [0.29, 0.717) is 0 Å². The first kappa shape index (κ1) is 7.38. The molecule has 1 N–H and O–H groups in total. The van der Waals surface area contributed by atoms with E-state index in [0.717, 1.165) is 17.1 Å². The highest BCUT2D eigenvalue weighted by molar-refractivity contribution is 5.59. The Bertz CT molecular complexity index is 507. The zero-order valence-corrected chi connectivity index (χ0v) is 7.51. The van der Waals surface area contributed by atoms with E-state index < -0.39 is 0 Å². The maximum absolute atomic E-state index is 4.21. The lowest BCUT2D eigenvalue weighted by atomic mass is 10.3. The lowest BCUT2D eigenvalue weighted by molar-refractivity contribution is 0.892. The SMILES string of the molecule is c1ccc(-n2[nH]cc3nccc2-3)cc1. The number of para-hydroxylation sites is 1. The van der Waals surface area contributed by atoms with Crippen LogP contribution in [0.4, 0.5) is 0 Å². The molecule has 0 spiro atoms. The molecule has 0 aliphatic carbocycles. The van der Waals surface area contributed by atoms with E-state index in [4.69, 9.17) is 0 Å². The van der Waals surface area contributed by atoms with Gasteiger partial charge in [-0.1, -0.05) is 18.2 Å². The van der Waals surface area contributed by atoms with Gasteiger partial charge in [-0.3, -0.25) is 14.8 Å². The molecule has 2 heterocycles. The van der Waals surface area contributed by atoms with E-state index >= 15 is 0 Å². The van der Waals surface area contributed by atoms with Crippen molar-refractivity contribution in [1.82, 2.24) is 14.8 Å². The van der Waals surface area contributed by atoms with Gasteiger partial charge in [-0.15, -0.1) is 0 Å². The normalized spacial score (nSPS) is 10.9. The highest BCUT2D eigenvalue weighted by Crippen LogP contribution is 2.22. The molecule has 2 aliphatic rings. The van der Waals surface area contributed by atoms with Crippen molar-refractivity contribution in [3.05, 3.63) is 48.8 Å². The van der Waals surface area contributed by atoms with E-state index in [1.807, 2.05) is 41.3 Å². The van der Waals surface area contributed by atoms with Crippen molar-refractivity contribution in [2.45, 2.75) is 0 Å². The first-order valence-electron chi connectivity index (χ1n) is 4.51. The summed E-state index contributed by atoms with van der Waals surface area (Å²) >= 11 is 0. The van der Waals surface area contributed by atoms with Crippen molar-refractivity contribution in [2.24, 2.45) is 0 Å². The first-order valence-corrected chi connectivity index (χ1v) is 4.51. The zero-order valence-electron chi connectivity index (χ0n) is 7.51. The van der Waals surface area contributed by atoms with Crippen LogP contribution in [-0.4, -0.2) is 14.8 Å². The van der Waals surface area contributed by atoms with E-state index in [1.54, 1.807) is 0 Å². The number of H-pyrrole nitrogens is 1. The molecule has 3 nitrogen and oxygen atoms in total. The van der Waals surface area contributed by atoms with Crippen LogP contribution in [0.3, 0.4) is 0 Å². The zero-order chi connectivity index (χ0) is 9.38. The molecular formula is C11H9N3. The minimum absolute atomic E-state index is 0.994. The highest BCUT2D eigenvalue weighted by atomic mass is 15.3. The Morgan fingerprint density at radius 3 is 2.79 bits per heavy atom. The third-order valence-electron chi connectivity index (χ3n) is 2.29. The fraction of sp³-hybridized carbons (Fsp3) is 0. The second kappa shape index (κ2) is 2.73. The molecule has 0 unspecified atom stereocenters. The Morgan fingerprint density at radius 2 is 1.93 bits per heavy atom. The summed E-state index contributed by atoms with van der Waals surface area (Å²) in [7, 11) is 0. The van der Waals surface area contributed by atoms with Crippen LogP contribution in [0, 0.1) is 0 Å². The summed E-state index contributed by atoms with van der Waals surface area (Å²) in [6, 6.07) is 12.2. The van der Waals surface area contributed by atoms with Gasteiger partial charge in [0.25, 0.3) is 0 Å². The molecule has 3 heteroatoms. The summed E-state index contributed by atoms with van der Waals surface area (Å²) in [6.07, 6.45) is 3.72. The number of nitrogens with zero attached hydrogens (tertiary/aromatic N) is 2. The van der Waals surface area contributed by atoms with Crippen LogP contribution >= 0.6 is 0 Å². The Hall–Kier alpha value is -2.03. The van der Waals surface area contributed by atoms with Crippen LogP contribution in [0.15, 0.2) is 48.8 Å². The summed E-state index contributed by atoms with van der Waals surface area (Å²) in [4.78, 5) is 4.21. The van der Waals surface area contributed by atoms with E-state index in [9.17, 15) is 0 Å². The van der Waals surface area contributed by atoms with Crippen LogP contribution in [0.1, 0.15) is 0 Å². The average Bonchev–Trinajstić information content (AvgIpc) is 2.79. The summed E-state index contributed by atoms with van der Waals surface area (Å²) in [5.74, 6) is 0.